The molecule has 2 aromatic rings. The molecule has 4 heteroatoms. The number of amides is 2. The predicted octanol–water partition coefficient (Wildman–Crippen LogP) is 4.11. The minimum absolute atomic E-state index is 0.0676. The van der Waals surface area contributed by atoms with Crippen molar-refractivity contribution in [2.24, 2.45) is 0 Å². The molecule has 4 nitrogen and oxygen atoms in total. The molecule has 2 fully saturated rings. The molecule has 1 aliphatic heterocycles. The third-order valence-corrected chi connectivity index (χ3v) is 6.09. The number of rotatable bonds is 5. The van der Waals surface area contributed by atoms with Crippen molar-refractivity contribution in [3.8, 4) is 0 Å². The molecule has 0 aromatic heterocycles. The molecule has 2 aliphatic rings. The van der Waals surface area contributed by atoms with Gasteiger partial charge in [0.05, 0.1) is 11.5 Å². The first-order chi connectivity index (χ1) is 13.1. The molecule has 1 heterocycles. The largest absolute Gasteiger partial charge is 0.349 e. The number of nitrogens with zero attached hydrogens (tertiary/aromatic N) is 1. The summed E-state index contributed by atoms with van der Waals surface area (Å²) in [6, 6.07) is 18.1. The second-order valence-corrected chi connectivity index (χ2v) is 7.74. The Morgan fingerprint density at radius 1 is 1.04 bits per heavy atom. The number of hydrogen-bond acceptors (Lipinski definition) is 2. The summed E-state index contributed by atoms with van der Waals surface area (Å²) >= 11 is 0. The molecule has 2 aromatic carbocycles. The van der Waals surface area contributed by atoms with E-state index in [4.69, 9.17) is 0 Å². The third-order valence-electron chi connectivity index (χ3n) is 6.09. The van der Waals surface area contributed by atoms with Crippen LogP contribution in [0.5, 0.6) is 0 Å². The average molecular weight is 362 g/mol. The Balaban J connectivity index is 1.46. The van der Waals surface area contributed by atoms with Gasteiger partial charge in [-0.15, -0.1) is 0 Å². The van der Waals surface area contributed by atoms with Crippen LogP contribution < -0.4 is 10.2 Å². The Morgan fingerprint density at radius 3 is 2.30 bits per heavy atom. The summed E-state index contributed by atoms with van der Waals surface area (Å²) in [4.78, 5) is 26.8. The van der Waals surface area contributed by atoms with Crippen molar-refractivity contribution < 1.29 is 9.59 Å². The fourth-order valence-corrected chi connectivity index (χ4v) is 4.22. The van der Waals surface area contributed by atoms with Gasteiger partial charge >= 0.3 is 0 Å². The highest BCUT2D eigenvalue weighted by molar-refractivity contribution is 5.95. The molecule has 1 N–H and O–H groups in total. The molecule has 0 bridgehead atoms. The van der Waals surface area contributed by atoms with Gasteiger partial charge in [0.2, 0.25) is 11.8 Å². The highest BCUT2D eigenvalue weighted by Gasteiger charge is 2.45. The summed E-state index contributed by atoms with van der Waals surface area (Å²) < 4.78 is 0. The SMILES string of the molecule is CC(NC(=O)C1(c2ccccc2)CCC1)c1ccc(N2CCCC2=O)cc1. The smallest absolute Gasteiger partial charge is 0.231 e. The second-order valence-electron chi connectivity index (χ2n) is 7.74. The summed E-state index contributed by atoms with van der Waals surface area (Å²) in [6.45, 7) is 2.81. The van der Waals surface area contributed by atoms with E-state index < -0.39 is 0 Å². The first kappa shape index (κ1) is 17.8. The predicted molar refractivity (Wildman–Crippen MR) is 107 cm³/mol. The van der Waals surface area contributed by atoms with Crippen LogP contribution in [-0.4, -0.2) is 18.4 Å². The van der Waals surface area contributed by atoms with E-state index in [-0.39, 0.29) is 23.3 Å². The molecule has 4 rings (SSSR count). The van der Waals surface area contributed by atoms with Gasteiger partial charge in [-0.25, -0.2) is 0 Å². The maximum absolute atomic E-state index is 13.1. The summed E-state index contributed by atoms with van der Waals surface area (Å²) in [7, 11) is 0. The molecule has 1 aliphatic carbocycles. The molecule has 0 radical (unpaired) electrons. The molecule has 27 heavy (non-hydrogen) atoms. The molecule has 1 atom stereocenters. The fraction of sp³-hybridized carbons (Fsp3) is 0.391. The maximum atomic E-state index is 13.1. The number of anilines is 1. The molecule has 1 saturated heterocycles. The van der Waals surface area contributed by atoms with Gasteiger partial charge in [0.1, 0.15) is 0 Å². The molecular weight excluding hydrogens is 336 g/mol. The zero-order valence-electron chi connectivity index (χ0n) is 15.8. The number of nitrogens with one attached hydrogen (secondary N) is 1. The topological polar surface area (TPSA) is 49.4 Å². The number of carbonyl (C=O) groups is 2. The number of carbonyl (C=O) groups excluding carboxylic acids is 2. The molecule has 1 saturated carbocycles. The Labute approximate surface area is 160 Å². The summed E-state index contributed by atoms with van der Waals surface area (Å²) in [5, 5.41) is 3.22. The Hall–Kier alpha value is -2.62. The molecule has 2 amide bonds. The second kappa shape index (κ2) is 7.18. The Kier molecular flexibility index (Phi) is 4.73. The first-order valence-corrected chi connectivity index (χ1v) is 9.87. The van der Waals surface area contributed by atoms with Crippen LogP contribution in [-0.2, 0) is 15.0 Å². The third kappa shape index (κ3) is 3.25. The van der Waals surface area contributed by atoms with Gasteiger partial charge in [-0.2, -0.15) is 0 Å². The minimum Gasteiger partial charge on any atom is -0.349 e. The molecule has 1 unspecified atom stereocenters. The number of hydrogen-bond donors (Lipinski definition) is 1. The fourth-order valence-electron chi connectivity index (χ4n) is 4.22. The van der Waals surface area contributed by atoms with Crippen LogP contribution in [0.1, 0.15) is 56.2 Å². The quantitative estimate of drug-likeness (QED) is 0.870. The van der Waals surface area contributed by atoms with Gasteiger partial charge in [-0.05, 0) is 49.4 Å². The lowest BCUT2D eigenvalue weighted by atomic mass is 9.63. The van der Waals surface area contributed by atoms with Gasteiger partial charge in [0.25, 0.3) is 0 Å². The van der Waals surface area contributed by atoms with E-state index in [1.807, 2.05) is 54.3 Å². The van der Waals surface area contributed by atoms with Crippen molar-refractivity contribution in [2.45, 2.75) is 50.5 Å². The Bertz CT molecular complexity index is 825. The van der Waals surface area contributed by atoms with E-state index in [9.17, 15) is 9.59 Å². The average Bonchev–Trinajstić information content (AvgIpc) is 3.08. The van der Waals surface area contributed by atoms with Gasteiger partial charge in [-0.3, -0.25) is 9.59 Å². The van der Waals surface area contributed by atoms with Crippen LogP contribution in [0.15, 0.2) is 54.6 Å². The van der Waals surface area contributed by atoms with Crippen LogP contribution in [0.2, 0.25) is 0 Å². The summed E-state index contributed by atoms with van der Waals surface area (Å²) in [5.74, 6) is 0.310. The Morgan fingerprint density at radius 2 is 1.74 bits per heavy atom. The van der Waals surface area contributed by atoms with E-state index in [1.54, 1.807) is 0 Å². The highest BCUT2D eigenvalue weighted by Crippen LogP contribution is 2.44. The van der Waals surface area contributed by atoms with E-state index in [1.165, 1.54) is 0 Å². The van der Waals surface area contributed by atoms with Gasteiger partial charge < -0.3 is 10.2 Å². The zero-order chi connectivity index (χ0) is 18.9. The van der Waals surface area contributed by atoms with Crippen LogP contribution in [0.25, 0.3) is 0 Å². The van der Waals surface area contributed by atoms with Gasteiger partial charge in [0.15, 0.2) is 0 Å². The number of benzene rings is 2. The maximum Gasteiger partial charge on any atom is 0.231 e. The van der Waals surface area contributed by atoms with Crippen molar-refractivity contribution in [3.05, 3.63) is 65.7 Å². The van der Waals surface area contributed by atoms with Crippen molar-refractivity contribution in [2.75, 3.05) is 11.4 Å². The molecular formula is C23H26N2O2. The van der Waals surface area contributed by atoms with Gasteiger partial charge in [-0.1, -0.05) is 48.9 Å². The molecule has 140 valence electrons. The lowest BCUT2D eigenvalue weighted by Crippen LogP contribution is -2.49. The van der Waals surface area contributed by atoms with Crippen LogP contribution >= 0.6 is 0 Å². The van der Waals surface area contributed by atoms with E-state index in [2.05, 4.69) is 17.4 Å². The summed E-state index contributed by atoms with van der Waals surface area (Å²) in [5.41, 5.74) is 2.74. The van der Waals surface area contributed by atoms with Crippen LogP contribution in [0, 0.1) is 0 Å². The zero-order valence-corrected chi connectivity index (χ0v) is 15.8. The van der Waals surface area contributed by atoms with E-state index in [0.717, 1.165) is 49.0 Å². The van der Waals surface area contributed by atoms with Crippen LogP contribution in [0.4, 0.5) is 5.69 Å². The van der Waals surface area contributed by atoms with E-state index >= 15 is 0 Å². The highest BCUT2D eigenvalue weighted by atomic mass is 16.2. The normalized spacial score (nSPS) is 19.4. The molecule has 0 spiro atoms. The monoisotopic (exact) mass is 362 g/mol. The van der Waals surface area contributed by atoms with Crippen molar-refractivity contribution in [1.29, 1.82) is 0 Å². The van der Waals surface area contributed by atoms with Crippen molar-refractivity contribution in [3.63, 3.8) is 0 Å². The van der Waals surface area contributed by atoms with Crippen molar-refractivity contribution >= 4 is 17.5 Å². The lowest BCUT2D eigenvalue weighted by Gasteiger charge is -2.41. The minimum atomic E-state index is -0.378. The standard InChI is InChI=1S/C23H26N2O2/c1-17(18-10-12-20(13-11-18)25-16-5-9-21(25)26)24-22(27)23(14-6-15-23)19-7-3-2-4-8-19/h2-4,7-8,10-13,17H,5-6,9,14-16H2,1H3,(H,24,27). The lowest BCUT2D eigenvalue weighted by molar-refractivity contribution is -0.130. The van der Waals surface area contributed by atoms with Crippen LogP contribution in [0.3, 0.4) is 0 Å². The summed E-state index contributed by atoms with van der Waals surface area (Å²) in [6.07, 6.45) is 4.47. The van der Waals surface area contributed by atoms with Gasteiger partial charge in [0, 0.05) is 18.7 Å². The van der Waals surface area contributed by atoms with Crippen molar-refractivity contribution in [1.82, 2.24) is 5.32 Å². The van der Waals surface area contributed by atoms with E-state index in [0.29, 0.717) is 6.42 Å². The first-order valence-electron chi connectivity index (χ1n) is 9.87.